The van der Waals surface area contributed by atoms with Crippen LogP contribution in [0.4, 0.5) is 0 Å². The van der Waals surface area contributed by atoms with E-state index in [4.69, 9.17) is 15.3 Å². The average molecular weight is 286 g/mol. The van der Waals surface area contributed by atoms with Crippen molar-refractivity contribution in [3.63, 3.8) is 0 Å². The topological polar surface area (TPSA) is 56.5 Å². The van der Waals surface area contributed by atoms with Gasteiger partial charge in [-0.25, -0.2) is 5.43 Å². The van der Waals surface area contributed by atoms with Gasteiger partial charge in [0.2, 0.25) is 0 Å². The van der Waals surface area contributed by atoms with Gasteiger partial charge in [0.1, 0.15) is 11.5 Å². The quantitative estimate of drug-likeness (QED) is 0.633. The molecule has 0 bridgehead atoms. The Kier molecular flexibility index (Phi) is 5.20. The summed E-state index contributed by atoms with van der Waals surface area (Å²) < 4.78 is 10.8. The highest BCUT2D eigenvalue weighted by Gasteiger charge is 2.12. The van der Waals surface area contributed by atoms with E-state index in [9.17, 15) is 0 Å². The summed E-state index contributed by atoms with van der Waals surface area (Å²) in [5.74, 6) is 7.40. The molecule has 2 aromatic carbocycles. The molecule has 4 nitrogen and oxygen atoms in total. The van der Waals surface area contributed by atoms with Crippen molar-refractivity contribution in [1.29, 1.82) is 0 Å². The average Bonchev–Trinajstić information content (AvgIpc) is 2.50. The van der Waals surface area contributed by atoms with Crippen molar-refractivity contribution < 1.29 is 9.47 Å². The molecular formula is C17H22N2O2. The molecule has 0 aliphatic heterocycles. The first-order valence-corrected chi connectivity index (χ1v) is 7.00. The predicted molar refractivity (Wildman–Crippen MR) is 84.4 cm³/mol. The van der Waals surface area contributed by atoms with Crippen molar-refractivity contribution in [1.82, 2.24) is 5.43 Å². The summed E-state index contributed by atoms with van der Waals surface area (Å²) in [6, 6.07) is 15.8. The standard InChI is InChI=1S/C17H22N2O2/c1-12(2)21-16-10-6-14(7-11-16)17(19-18)13-4-8-15(20-3)9-5-13/h4-12,17,19H,18H2,1-3H3. The zero-order valence-electron chi connectivity index (χ0n) is 12.7. The molecule has 3 N–H and O–H groups in total. The second-order valence-electron chi connectivity index (χ2n) is 5.11. The Morgan fingerprint density at radius 1 is 0.857 bits per heavy atom. The monoisotopic (exact) mass is 286 g/mol. The van der Waals surface area contributed by atoms with Gasteiger partial charge in [0.25, 0.3) is 0 Å². The molecule has 0 aromatic heterocycles. The van der Waals surface area contributed by atoms with Crippen LogP contribution in [0.2, 0.25) is 0 Å². The lowest BCUT2D eigenvalue weighted by Gasteiger charge is -2.18. The minimum Gasteiger partial charge on any atom is -0.497 e. The number of hydrogen-bond acceptors (Lipinski definition) is 4. The smallest absolute Gasteiger partial charge is 0.119 e. The van der Waals surface area contributed by atoms with E-state index in [0.717, 1.165) is 22.6 Å². The third-order valence-electron chi connectivity index (χ3n) is 3.20. The molecule has 0 aliphatic rings. The Morgan fingerprint density at radius 2 is 1.33 bits per heavy atom. The Morgan fingerprint density at radius 3 is 1.71 bits per heavy atom. The number of rotatable bonds is 6. The van der Waals surface area contributed by atoms with Crippen LogP contribution in [-0.4, -0.2) is 13.2 Å². The van der Waals surface area contributed by atoms with Crippen LogP contribution in [0, 0.1) is 0 Å². The molecule has 0 spiro atoms. The van der Waals surface area contributed by atoms with Crippen molar-refractivity contribution >= 4 is 0 Å². The molecule has 0 saturated heterocycles. The Hall–Kier alpha value is -2.04. The van der Waals surface area contributed by atoms with E-state index in [2.05, 4.69) is 5.43 Å². The zero-order chi connectivity index (χ0) is 15.2. The maximum absolute atomic E-state index is 5.71. The van der Waals surface area contributed by atoms with Crippen LogP contribution >= 0.6 is 0 Å². The minimum atomic E-state index is -0.0657. The zero-order valence-corrected chi connectivity index (χ0v) is 12.7. The maximum Gasteiger partial charge on any atom is 0.119 e. The molecule has 4 heteroatoms. The van der Waals surface area contributed by atoms with Crippen LogP contribution < -0.4 is 20.7 Å². The highest BCUT2D eigenvalue weighted by Crippen LogP contribution is 2.25. The third-order valence-corrected chi connectivity index (χ3v) is 3.20. The summed E-state index contributed by atoms with van der Waals surface area (Å²) in [6.07, 6.45) is 0.167. The number of hydrogen-bond donors (Lipinski definition) is 2. The van der Waals surface area contributed by atoms with Crippen LogP contribution in [0.1, 0.15) is 31.0 Å². The summed E-state index contributed by atoms with van der Waals surface area (Å²) in [6.45, 7) is 4.02. The highest BCUT2D eigenvalue weighted by molar-refractivity contribution is 5.37. The normalized spacial score (nSPS) is 12.2. The minimum absolute atomic E-state index is 0.0657. The second kappa shape index (κ2) is 7.11. The first-order chi connectivity index (χ1) is 10.1. The largest absolute Gasteiger partial charge is 0.497 e. The van der Waals surface area contributed by atoms with Crippen molar-refractivity contribution in [3.8, 4) is 11.5 Å². The molecule has 0 heterocycles. The lowest BCUT2D eigenvalue weighted by atomic mass is 9.99. The first-order valence-electron chi connectivity index (χ1n) is 7.00. The molecule has 2 rings (SSSR count). The molecule has 112 valence electrons. The van der Waals surface area contributed by atoms with Crippen molar-refractivity contribution in [2.75, 3.05) is 7.11 Å². The van der Waals surface area contributed by atoms with Gasteiger partial charge in [-0.1, -0.05) is 24.3 Å². The summed E-state index contributed by atoms with van der Waals surface area (Å²) in [5, 5.41) is 0. The van der Waals surface area contributed by atoms with E-state index in [-0.39, 0.29) is 12.1 Å². The summed E-state index contributed by atoms with van der Waals surface area (Å²) in [7, 11) is 1.65. The van der Waals surface area contributed by atoms with Crippen LogP contribution in [0.3, 0.4) is 0 Å². The van der Waals surface area contributed by atoms with Gasteiger partial charge in [0.05, 0.1) is 19.3 Å². The van der Waals surface area contributed by atoms with Gasteiger partial charge in [-0.05, 0) is 49.2 Å². The van der Waals surface area contributed by atoms with Crippen LogP contribution in [0.5, 0.6) is 11.5 Å². The molecule has 0 saturated carbocycles. The van der Waals surface area contributed by atoms with E-state index < -0.39 is 0 Å². The fourth-order valence-corrected chi connectivity index (χ4v) is 2.19. The van der Waals surface area contributed by atoms with Crippen LogP contribution in [0.15, 0.2) is 48.5 Å². The third kappa shape index (κ3) is 3.97. The van der Waals surface area contributed by atoms with Crippen LogP contribution in [-0.2, 0) is 0 Å². The van der Waals surface area contributed by atoms with E-state index in [1.165, 1.54) is 0 Å². The molecule has 0 amide bonds. The van der Waals surface area contributed by atoms with Crippen molar-refractivity contribution in [3.05, 3.63) is 59.7 Å². The molecule has 2 aromatic rings. The van der Waals surface area contributed by atoms with Gasteiger partial charge in [-0.2, -0.15) is 0 Å². The number of ether oxygens (including phenoxy) is 2. The second-order valence-corrected chi connectivity index (χ2v) is 5.11. The van der Waals surface area contributed by atoms with Gasteiger partial charge in [0, 0.05) is 0 Å². The van der Waals surface area contributed by atoms with Gasteiger partial charge >= 0.3 is 0 Å². The molecule has 0 fully saturated rings. The SMILES string of the molecule is COc1ccc(C(NN)c2ccc(OC(C)C)cc2)cc1. The van der Waals surface area contributed by atoms with Crippen molar-refractivity contribution in [2.24, 2.45) is 5.84 Å². The highest BCUT2D eigenvalue weighted by atomic mass is 16.5. The number of benzene rings is 2. The summed E-state index contributed by atoms with van der Waals surface area (Å²) in [4.78, 5) is 0. The molecule has 21 heavy (non-hydrogen) atoms. The molecule has 1 atom stereocenters. The number of nitrogens with one attached hydrogen (secondary N) is 1. The Bertz CT molecular complexity index is 550. The summed E-state index contributed by atoms with van der Waals surface area (Å²) >= 11 is 0. The van der Waals surface area contributed by atoms with Crippen molar-refractivity contribution in [2.45, 2.75) is 26.0 Å². The predicted octanol–water partition coefficient (Wildman–Crippen LogP) is 3.04. The summed E-state index contributed by atoms with van der Waals surface area (Å²) in [5.41, 5.74) is 5.01. The fourth-order valence-electron chi connectivity index (χ4n) is 2.19. The lowest BCUT2D eigenvalue weighted by molar-refractivity contribution is 0.242. The number of nitrogens with two attached hydrogens (primary N) is 1. The van der Waals surface area contributed by atoms with Gasteiger partial charge in [0.15, 0.2) is 0 Å². The van der Waals surface area contributed by atoms with Gasteiger partial charge in [-0.15, -0.1) is 0 Å². The molecule has 0 radical (unpaired) electrons. The van der Waals surface area contributed by atoms with E-state index in [0.29, 0.717) is 0 Å². The Labute approximate surface area is 125 Å². The van der Waals surface area contributed by atoms with E-state index >= 15 is 0 Å². The van der Waals surface area contributed by atoms with Gasteiger partial charge in [-0.3, -0.25) is 5.84 Å². The van der Waals surface area contributed by atoms with Gasteiger partial charge < -0.3 is 9.47 Å². The maximum atomic E-state index is 5.71. The van der Waals surface area contributed by atoms with Crippen LogP contribution in [0.25, 0.3) is 0 Å². The molecular weight excluding hydrogens is 264 g/mol. The van der Waals surface area contributed by atoms with E-state index in [1.807, 2.05) is 62.4 Å². The molecule has 1 unspecified atom stereocenters. The van der Waals surface area contributed by atoms with E-state index in [1.54, 1.807) is 7.11 Å². The lowest BCUT2D eigenvalue weighted by Crippen LogP contribution is -2.28. The first kappa shape index (κ1) is 15.4. The number of hydrazine groups is 1. The fraction of sp³-hybridized carbons (Fsp3) is 0.294. The molecule has 0 aliphatic carbocycles. The number of methoxy groups -OCH3 is 1. The Balaban J connectivity index is 2.19.